The minimum atomic E-state index is -0.392. The number of anilines is 2. The zero-order valence-electron chi connectivity index (χ0n) is 16.7. The number of hydrogen-bond donors (Lipinski definition) is 4. The van der Waals surface area contributed by atoms with Crippen LogP contribution in [-0.2, 0) is 23.7 Å². The topological polar surface area (TPSA) is 134 Å². The van der Waals surface area contributed by atoms with Crippen LogP contribution < -0.4 is 22.0 Å². The van der Waals surface area contributed by atoms with E-state index < -0.39 is 11.8 Å². The lowest BCUT2D eigenvalue weighted by Gasteiger charge is -2.24. The Labute approximate surface area is 187 Å². The summed E-state index contributed by atoms with van der Waals surface area (Å²) < 4.78 is 2.98. The second-order valence-electron chi connectivity index (χ2n) is 7.48. The molecule has 0 saturated heterocycles. The predicted molar refractivity (Wildman–Crippen MR) is 123 cm³/mol. The number of amides is 2. The van der Waals surface area contributed by atoms with E-state index in [1.165, 1.54) is 32.7 Å². The molecule has 4 heterocycles. The highest BCUT2D eigenvalue weighted by molar-refractivity contribution is 8.08. The Morgan fingerprint density at radius 2 is 1.06 bits per heavy atom. The normalized spacial score (nSPS) is 17.9. The summed E-state index contributed by atoms with van der Waals surface area (Å²) in [6.45, 7) is 0. The number of rotatable bonds is 0. The summed E-state index contributed by atoms with van der Waals surface area (Å²) in [7, 11) is 3.32. The SMILES string of the molecule is Cn1c(=O)[nH]c2cc3c(cc21)SC(=C1Sc2cc4c(cc2NC1=O)[nH]c(=O)n4C)C(=O)N3. The van der Waals surface area contributed by atoms with E-state index in [-0.39, 0.29) is 21.2 Å². The summed E-state index contributed by atoms with van der Waals surface area (Å²) in [6, 6.07) is 7.05. The van der Waals surface area contributed by atoms with Crippen LogP contribution in [0.1, 0.15) is 0 Å². The highest BCUT2D eigenvalue weighted by Crippen LogP contribution is 2.47. The smallest absolute Gasteiger partial charge is 0.320 e. The third-order valence-corrected chi connectivity index (χ3v) is 7.98. The van der Waals surface area contributed by atoms with Crippen molar-refractivity contribution in [2.24, 2.45) is 14.1 Å². The van der Waals surface area contributed by atoms with Gasteiger partial charge in [0.2, 0.25) is 0 Å². The number of benzene rings is 2. The second-order valence-corrected chi connectivity index (χ2v) is 9.58. The fourth-order valence-electron chi connectivity index (χ4n) is 3.84. The largest absolute Gasteiger partial charge is 0.326 e. The van der Waals surface area contributed by atoms with Crippen LogP contribution in [0, 0.1) is 0 Å². The van der Waals surface area contributed by atoms with E-state index in [1.807, 2.05) is 12.1 Å². The van der Waals surface area contributed by atoms with E-state index in [4.69, 9.17) is 0 Å². The molecule has 160 valence electrons. The van der Waals surface area contributed by atoms with E-state index in [0.29, 0.717) is 33.4 Å². The monoisotopic (exact) mass is 466 g/mol. The van der Waals surface area contributed by atoms with Crippen molar-refractivity contribution >= 4 is 68.8 Å². The summed E-state index contributed by atoms with van der Waals surface area (Å²) in [5.74, 6) is -0.785. The molecule has 2 aromatic heterocycles. The van der Waals surface area contributed by atoms with Crippen molar-refractivity contribution in [3.05, 3.63) is 55.0 Å². The molecule has 0 radical (unpaired) electrons. The van der Waals surface area contributed by atoms with Gasteiger partial charge in [-0.05, 0) is 24.3 Å². The van der Waals surface area contributed by atoms with E-state index in [1.54, 1.807) is 26.2 Å². The molecule has 2 aromatic carbocycles. The van der Waals surface area contributed by atoms with E-state index in [2.05, 4.69) is 20.6 Å². The van der Waals surface area contributed by atoms with Crippen molar-refractivity contribution in [1.29, 1.82) is 0 Å². The number of carbonyl (C=O) groups is 2. The minimum Gasteiger partial charge on any atom is -0.320 e. The highest BCUT2D eigenvalue weighted by Gasteiger charge is 2.32. The van der Waals surface area contributed by atoms with Crippen LogP contribution in [0.2, 0.25) is 0 Å². The molecule has 0 fully saturated rings. The quantitative estimate of drug-likeness (QED) is 0.293. The summed E-state index contributed by atoms with van der Waals surface area (Å²) in [5, 5.41) is 5.64. The predicted octanol–water partition coefficient (Wildman–Crippen LogP) is 2.05. The van der Waals surface area contributed by atoms with Gasteiger partial charge in [0, 0.05) is 23.9 Å². The molecule has 2 aliphatic rings. The van der Waals surface area contributed by atoms with Gasteiger partial charge in [-0.2, -0.15) is 0 Å². The molecule has 4 aromatic rings. The minimum absolute atomic E-state index is 0.249. The average molecular weight is 467 g/mol. The van der Waals surface area contributed by atoms with Crippen LogP contribution in [0.25, 0.3) is 22.1 Å². The third kappa shape index (κ3) is 2.63. The molecule has 2 aliphatic heterocycles. The maximum absolute atomic E-state index is 12.9. The van der Waals surface area contributed by atoms with Gasteiger partial charge in [0.15, 0.2) is 0 Å². The van der Waals surface area contributed by atoms with Gasteiger partial charge in [-0.3, -0.25) is 18.7 Å². The maximum atomic E-state index is 12.9. The molecule has 32 heavy (non-hydrogen) atoms. The van der Waals surface area contributed by atoms with Gasteiger partial charge in [-0.25, -0.2) is 9.59 Å². The standard InChI is InChI=1S/C20H14N6O4S2/c1-25-11-5-13-9(3-7(11)23-19(25)29)21-17(27)15(31-13)16-18(28)22-10-4-8-12(6-14(10)32-16)26(2)20(30)24-8/h3-6H,1-2H3,(H,21,27)(H,22,28)(H,23,29)(H,24,30). The lowest BCUT2D eigenvalue weighted by atomic mass is 10.2. The number of aromatic amines is 2. The van der Waals surface area contributed by atoms with Gasteiger partial charge in [-0.1, -0.05) is 23.5 Å². The number of thioether (sulfide) groups is 2. The molecule has 0 saturated carbocycles. The molecule has 0 atom stereocenters. The molecule has 10 nitrogen and oxygen atoms in total. The number of aromatic nitrogens is 4. The van der Waals surface area contributed by atoms with Crippen molar-refractivity contribution in [2.45, 2.75) is 9.79 Å². The van der Waals surface area contributed by atoms with Crippen LogP contribution in [0.3, 0.4) is 0 Å². The fraction of sp³-hybridized carbons (Fsp3) is 0.100. The van der Waals surface area contributed by atoms with Crippen molar-refractivity contribution in [2.75, 3.05) is 10.6 Å². The first-order valence-electron chi connectivity index (χ1n) is 9.48. The van der Waals surface area contributed by atoms with Gasteiger partial charge in [0.05, 0.1) is 43.3 Å². The van der Waals surface area contributed by atoms with E-state index in [0.717, 1.165) is 9.79 Å². The zero-order valence-corrected chi connectivity index (χ0v) is 18.3. The van der Waals surface area contributed by atoms with Gasteiger partial charge >= 0.3 is 11.4 Å². The Morgan fingerprint density at radius 3 is 1.47 bits per heavy atom. The fourth-order valence-corrected chi connectivity index (χ4v) is 5.97. The first-order chi connectivity index (χ1) is 15.3. The van der Waals surface area contributed by atoms with Crippen LogP contribution in [0.15, 0.2) is 53.5 Å². The number of nitrogens with one attached hydrogen (secondary N) is 4. The molecule has 6 rings (SSSR count). The van der Waals surface area contributed by atoms with Gasteiger partial charge in [0.25, 0.3) is 11.8 Å². The molecule has 2 amide bonds. The van der Waals surface area contributed by atoms with Gasteiger partial charge in [0.1, 0.15) is 0 Å². The lowest BCUT2D eigenvalue weighted by molar-refractivity contribution is -0.114. The molecular weight excluding hydrogens is 452 g/mol. The first-order valence-corrected chi connectivity index (χ1v) is 11.1. The highest BCUT2D eigenvalue weighted by atomic mass is 32.2. The summed E-state index contributed by atoms with van der Waals surface area (Å²) >= 11 is 2.38. The molecule has 12 heteroatoms. The van der Waals surface area contributed by atoms with Crippen LogP contribution in [0.4, 0.5) is 11.4 Å². The van der Waals surface area contributed by atoms with Gasteiger partial charge < -0.3 is 20.6 Å². The number of imidazole rings is 2. The number of aryl methyl sites for hydroxylation is 2. The molecule has 0 bridgehead atoms. The summed E-state index contributed by atoms with van der Waals surface area (Å²) in [4.78, 5) is 57.1. The number of nitrogens with zero attached hydrogens (tertiary/aromatic N) is 2. The van der Waals surface area contributed by atoms with Crippen molar-refractivity contribution in [1.82, 2.24) is 19.1 Å². The molecular formula is C20H14N6O4S2. The number of fused-ring (bicyclic) bond motifs is 4. The first kappa shape index (κ1) is 19.1. The van der Waals surface area contributed by atoms with E-state index in [9.17, 15) is 19.2 Å². The summed E-state index contributed by atoms with van der Waals surface area (Å²) in [6.07, 6.45) is 0. The summed E-state index contributed by atoms with van der Waals surface area (Å²) in [5.41, 5.74) is 3.28. The Bertz CT molecular complexity index is 1560. The Hall–Kier alpha value is -3.64. The molecule has 4 N–H and O–H groups in total. The molecule has 0 spiro atoms. The van der Waals surface area contributed by atoms with Crippen molar-refractivity contribution in [3.63, 3.8) is 0 Å². The number of H-pyrrole nitrogens is 2. The second kappa shape index (κ2) is 6.43. The van der Waals surface area contributed by atoms with Gasteiger partial charge in [-0.15, -0.1) is 0 Å². The van der Waals surface area contributed by atoms with Crippen molar-refractivity contribution in [3.8, 4) is 0 Å². The Morgan fingerprint density at radius 1 is 0.656 bits per heavy atom. The maximum Gasteiger partial charge on any atom is 0.326 e. The molecule has 0 aliphatic carbocycles. The Kier molecular flexibility index (Phi) is 3.84. The van der Waals surface area contributed by atoms with Crippen molar-refractivity contribution < 1.29 is 9.59 Å². The lowest BCUT2D eigenvalue weighted by Crippen LogP contribution is -2.24. The van der Waals surface area contributed by atoms with E-state index >= 15 is 0 Å². The molecule has 0 unspecified atom stereocenters. The number of hydrogen-bond acceptors (Lipinski definition) is 6. The zero-order chi connectivity index (χ0) is 22.3. The van der Waals surface area contributed by atoms with Crippen LogP contribution in [-0.4, -0.2) is 30.9 Å². The number of carbonyl (C=O) groups excluding carboxylic acids is 2. The van der Waals surface area contributed by atoms with Crippen LogP contribution >= 0.6 is 23.5 Å². The van der Waals surface area contributed by atoms with Crippen LogP contribution in [0.5, 0.6) is 0 Å². The Balaban J connectivity index is 1.47. The third-order valence-electron chi connectivity index (χ3n) is 5.55. The average Bonchev–Trinajstić information content (AvgIpc) is 3.18.